The number of ether oxygens (including phenoxy) is 1. The van der Waals surface area contributed by atoms with E-state index in [1.54, 1.807) is 36.4 Å². The molecule has 164 valence electrons. The third-order valence-corrected chi connectivity index (χ3v) is 5.96. The van der Waals surface area contributed by atoms with Crippen molar-refractivity contribution < 1.29 is 18.7 Å². The molecule has 0 fully saturated rings. The molecule has 1 aliphatic rings. The lowest BCUT2D eigenvalue weighted by Gasteiger charge is -2.19. The summed E-state index contributed by atoms with van der Waals surface area (Å²) in [6, 6.07) is 8.63. The van der Waals surface area contributed by atoms with Crippen molar-refractivity contribution in [3.63, 3.8) is 0 Å². The third kappa shape index (κ3) is 5.51. The van der Waals surface area contributed by atoms with Gasteiger partial charge < -0.3 is 14.5 Å². The molecule has 0 bridgehead atoms. The van der Waals surface area contributed by atoms with Crippen LogP contribution in [0.4, 0.5) is 5.69 Å². The average molecular weight is 462 g/mol. The minimum absolute atomic E-state index is 0.106. The number of hydrogen-bond acceptors (Lipinski definition) is 6. The van der Waals surface area contributed by atoms with Gasteiger partial charge >= 0.3 is 0 Å². The first kappa shape index (κ1) is 23.0. The average Bonchev–Trinajstić information content (AvgIpc) is 3.38. The predicted molar refractivity (Wildman–Crippen MR) is 125 cm³/mol. The van der Waals surface area contributed by atoms with Crippen LogP contribution in [0.15, 0.2) is 51.7 Å². The number of rotatable bonds is 8. The van der Waals surface area contributed by atoms with E-state index in [1.165, 1.54) is 30.0 Å². The molecule has 1 aromatic heterocycles. The van der Waals surface area contributed by atoms with Crippen molar-refractivity contribution in [2.75, 3.05) is 17.8 Å². The highest BCUT2D eigenvalue weighted by molar-refractivity contribution is 8.14. The van der Waals surface area contributed by atoms with Crippen LogP contribution < -0.4 is 15.0 Å². The molecule has 1 aliphatic heterocycles. The summed E-state index contributed by atoms with van der Waals surface area (Å²) in [7, 11) is 1.52. The van der Waals surface area contributed by atoms with Crippen LogP contribution in [0.25, 0.3) is 6.08 Å². The molecular formula is C22H24ClN3O4S. The van der Waals surface area contributed by atoms with Crippen LogP contribution in [0.3, 0.4) is 0 Å². The number of halogens is 1. The van der Waals surface area contributed by atoms with Gasteiger partial charge in [0, 0.05) is 12.1 Å². The van der Waals surface area contributed by atoms with Crippen molar-refractivity contribution in [3.05, 3.63) is 53.1 Å². The van der Waals surface area contributed by atoms with E-state index in [9.17, 15) is 9.59 Å². The number of anilines is 1. The van der Waals surface area contributed by atoms with Crippen LogP contribution in [-0.4, -0.2) is 35.9 Å². The van der Waals surface area contributed by atoms with Crippen LogP contribution in [0, 0.1) is 0 Å². The molecule has 2 aromatic rings. The van der Waals surface area contributed by atoms with Gasteiger partial charge in [-0.15, -0.1) is 0 Å². The molecule has 0 saturated carbocycles. The second-order valence-electron chi connectivity index (χ2n) is 6.77. The second kappa shape index (κ2) is 10.5. The number of thioether (sulfide) groups is 1. The fourth-order valence-corrected chi connectivity index (χ4v) is 4.09. The van der Waals surface area contributed by atoms with Crippen LogP contribution >= 0.6 is 23.4 Å². The number of aliphatic imine (C=N–C) groups is 1. The van der Waals surface area contributed by atoms with Gasteiger partial charge in [0.1, 0.15) is 17.2 Å². The number of amides is 2. The van der Waals surface area contributed by atoms with Crippen molar-refractivity contribution in [1.82, 2.24) is 5.32 Å². The highest BCUT2D eigenvalue weighted by Gasteiger charge is 2.33. The number of furan rings is 1. The van der Waals surface area contributed by atoms with E-state index in [0.29, 0.717) is 27.4 Å². The molecule has 0 saturated heterocycles. The zero-order valence-electron chi connectivity index (χ0n) is 17.6. The van der Waals surface area contributed by atoms with Gasteiger partial charge in [-0.1, -0.05) is 37.2 Å². The summed E-state index contributed by atoms with van der Waals surface area (Å²) >= 11 is 7.46. The fourth-order valence-electron chi connectivity index (χ4n) is 3.02. The Morgan fingerprint density at radius 1 is 1.35 bits per heavy atom. The minimum Gasteiger partial charge on any atom is -0.495 e. The Labute approximate surface area is 190 Å². The number of methoxy groups -OCH3 is 1. The van der Waals surface area contributed by atoms with E-state index >= 15 is 0 Å². The number of benzene rings is 1. The van der Waals surface area contributed by atoms with Gasteiger partial charge in [0.15, 0.2) is 5.17 Å². The van der Waals surface area contributed by atoms with Gasteiger partial charge in [0.25, 0.3) is 5.91 Å². The van der Waals surface area contributed by atoms with Crippen molar-refractivity contribution in [2.24, 2.45) is 4.99 Å². The Bertz CT molecular complexity index is 1000. The molecule has 0 unspecified atom stereocenters. The molecule has 2 heterocycles. The smallest absolute Gasteiger partial charge is 0.283 e. The maximum Gasteiger partial charge on any atom is 0.283 e. The highest BCUT2D eigenvalue weighted by atomic mass is 35.5. The summed E-state index contributed by atoms with van der Waals surface area (Å²) in [6.07, 6.45) is 4.81. The predicted octanol–water partition coefficient (Wildman–Crippen LogP) is 4.72. The first-order chi connectivity index (χ1) is 15.0. The van der Waals surface area contributed by atoms with Gasteiger partial charge in [0.05, 0.1) is 29.8 Å². The summed E-state index contributed by atoms with van der Waals surface area (Å²) in [5.41, 5.74) is 0.745. The Hall–Kier alpha value is -2.71. The van der Waals surface area contributed by atoms with Crippen molar-refractivity contribution >= 4 is 52.1 Å². The second-order valence-corrected chi connectivity index (χ2v) is 8.12. The minimum atomic E-state index is -0.333. The number of nitrogens with zero attached hydrogens (tertiary/aromatic N) is 2. The van der Waals surface area contributed by atoms with Gasteiger partial charge in [-0.25, -0.2) is 4.99 Å². The molecule has 7 nitrogen and oxygen atoms in total. The van der Waals surface area contributed by atoms with Gasteiger partial charge in [-0.05, 0) is 43.2 Å². The first-order valence-electron chi connectivity index (χ1n) is 9.90. The molecule has 9 heteroatoms. The highest BCUT2D eigenvalue weighted by Crippen LogP contribution is 2.34. The summed E-state index contributed by atoms with van der Waals surface area (Å²) in [6.45, 7) is 4.06. The number of hydrogen-bond donors (Lipinski definition) is 1. The third-order valence-electron chi connectivity index (χ3n) is 4.73. The largest absolute Gasteiger partial charge is 0.495 e. The number of carbonyl (C=O) groups is 2. The fraction of sp³-hybridized carbons (Fsp3) is 0.318. The molecule has 0 spiro atoms. The lowest BCUT2D eigenvalue weighted by atomic mass is 10.2. The van der Waals surface area contributed by atoms with Gasteiger partial charge in [-0.3, -0.25) is 14.5 Å². The molecule has 1 aromatic carbocycles. The Balaban J connectivity index is 1.86. The normalized spacial score (nSPS) is 15.0. The van der Waals surface area contributed by atoms with Crippen LogP contribution in [0.5, 0.6) is 5.75 Å². The molecule has 3 rings (SSSR count). The number of amidine groups is 1. The van der Waals surface area contributed by atoms with E-state index in [-0.39, 0.29) is 29.3 Å². The number of nitrogens with one attached hydrogen (secondary N) is 1. The zero-order valence-corrected chi connectivity index (χ0v) is 19.1. The van der Waals surface area contributed by atoms with Gasteiger partial charge in [-0.2, -0.15) is 0 Å². The van der Waals surface area contributed by atoms with E-state index in [2.05, 4.69) is 10.3 Å². The molecule has 0 aliphatic carbocycles. The maximum absolute atomic E-state index is 13.1. The summed E-state index contributed by atoms with van der Waals surface area (Å²) < 4.78 is 10.5. The number of carbonyl (C=O) groups excluding carboxylic acids is 2. The molecule has 1 N–H and O–H groups in total. The monoisotopic (exact) mass is 461 g/mol. The zero-order chi connectivity index (χ0) is 22.4. The first-order valence-corrected chi connectivity index (χ1v) is 11.3. The van der Waals surface area contributed by atoms with Crippen molar-refractivity contribution in [3.8, 4) is 5.75 Å². The standard InChI is InChI=1S/C22H24ClN3O4S/c1-4-14(5-2)24-20(27)13-31-22-25-18(12-16-7-6-10-30-16)21(28)26(22)15-8-9-19(29-3)17(23)11-15/h6-12,14H,4-5,13H2,1-3H3,(H,24,27)/b18-12+. The van der Waals surface area contributed by atoms with E-state index in [1.807, 2.05) is 13.8 Å². The Morgan fingerprint density at radius 2 is 2.13 bits per heavy atom. The van der Waals surface area contributed by atoms with Crippen LogP contribution in [0.2, 0.25) is 5.02 Å². The molecule has 2 amide bonds. The van der Waals surface area contributed by atoms with E-state index in [4.69, 9.17) is 20.8 Å². The van der Waals surface area contributed by atoms with E-state index in [0.717, 1.165) is 12.8 Å². The topological polar surface area (TPSA) is 84.1 Å². The van der Waals surface area contributed by atoms with E-state index < -0.39 is 0 Å². The Kier molecular flexibility index (Phi) is 7.81. The van der Waals surface area contributed by atoms with Crippen LogP contribution in [-0.2, 0) is 9.59 Å². The van der Waals surface area contributed by atoms with Crippen LogP contribution in [0.1, 0.15) is 32.4 Å². The lowest BCUT2D eigenvalue weighted by Crippen LogP contribution is -2.36. The molecule has 31 heavy (non-hydrogen) atoms. The quantitative estimate of drug-likeness (QED) is 0.575. The molecular weight excluding hydrogens is 438 g/mol. The maximum atomic E-state index is 13.1. The molecule has 0 radical (unpaired) electrons. The summed E-state index contributed by atoms with van der Waals surface area (Å²) in [5.74, 6) is 0.707. The lowest BCUT2D eigenvalue weighted by molar-refractivity contribution is -0.119. The van der Waals surface area contributed by atoms with Crippen molar-refractivity contribution in [2.45, 2.75) is 32.7 Å². The summed E-state index contributed by atoms with van der Waals surface area (Å²) in [5, 5.41) is 3.75. The SMILES string of the molecule is CCC(CC)NC(=O)CSC1=N/C(=C/c2ccco2)C(=O)N1c1ccc(OC)c(Cl)c1. The van der Waals surface area contributed by atoms with Gasteiger partial charge in [0.2, 0.25) is 5.91 Å². The Morgan fingerprint density at radius 3 is 2.74 bits per heavy atom. The molecule has 0 atom stereocenters. The van der Waals surface area contributed by atoms with Crippen molar-refractivity contribution in [1.29, 1.82) is 0 Å². The summed E-state index contributed by atoms with van der Waals surface area (Å²) in [4.78, 5) is 31.4.